The van der Waals surface area contributed by atoms with Gasteiger partial charge in [0.05, 0.1) is 0 Å². The van der Waals surface area contributed by atoms with Crippen LogP contribution in [0.5, 0.6) is 0 Å². The highest BCUT2D eigenvalue weighted by molar-refractivity contribution is 7.99. The maximum absolute atomic E-state index is 3.51. The van der Waals surface area contributed by atoms with E-state index in [1.54, 1.807) is 0 Å². The van der Waals surface area contributed by atoms with Gasteiger partial charge in [-0.05, 0) is 32.4 Å². The van der Waals surface area contributed by atoms with Crippen molar-refractivity contribution in [1.29, 1.82) is 0 Å². The maximum atomic E-state index is 3.51. The molecule has 0 aromatic rings. The summed E-state index contributed by atoms with van der Waals surface area (Å²) in [6.45, 7) is 10.7. The minimum atomic E-state index is 0.342. The lowest BCUT2D eigenvalue weighted by Crippen LogP contribution is -2.63. The molecule has 0 saturated carbocycles. The quantitative estimate of drug-likeness (QED) is 0.738. The van der Waals surface area contributed by atoms with Crippen LogP contribution in [-0.4, -0.2) is 47.1 Å². The molecule has 0 aromatic carbocycles. The molecule has 2 heterocycles. The molecule has 2 unspecified atom stereocenters. The van der Waals surface area contributed by atoms with Crippen molar-refractivity contribution in [3.05, 3.63) is 0 Å². The van der Waals surface area contributed by atoms with Crippen LogP contribution in [0.25, 0.3) is 0 Å². The van der Waals surface area contributed by atoms with Crippen LogP contribution in [0.4, 0.5) is 0 Å². The van der Waals surface area contributed by atoms with E-state index in [4.69, 9.17) is 0 Å². The Morgan fingerprint density at radius 2 is 2.20 bits per heavy atom. The van der Waals surface area contributed by atoms with Crippen molar-refractivity contribution in [2.45, 2.75) is 50.4 Å². The van der Waals surface area contributed by atoms with Gasteiger partial charge in [0.2, 0.25) is 0 Å². The lowest BCUT2D eigenvalue weighted by Gasteiger charge is -2.50. The van der Waals surface area contributed by atoms with Gasteiger partial charge in [-0.1, -0.05) is 6.92 Å². The smallest absolute Gasteiger partial charge is 0.0281 e. The Kier molecular flexibility index (Phi) is 3.63. The molecule has 2 aliphatic rings. The number of piperazine rings is 1. The summed E-state index contributed by atoms with van der Waals surface area (Å²) in [5.74, 6) is 1.37. The Labute approximate surface area is 98.2 Å². The second-order valence-electron chi connectivity index (χ2n) is 5.47. The summed E-state index contributed by atoms with van der Waals surface area (Å²) in [6.07, 6.45) is 2.80. The van der Waals surface area contributed by atoms with Gasteiger partial charge in [-0.25, -0.2) is 0 Å². The van der Waals surface area contributed by atoms with E-state index in [1.807, 2.05) is 0 Å². The Morgan fingerprint density at radius 1 is 1.40 bits per heavy atom. The largest absolute Gasteiger partial charge is 0.314 e. The van der Waals surface area contributed by atoms with Gasteiger partial charge in [0.25, 0.3) is 0 Å². The number of thioether (sulfide) groups is 1. The molecule has 0 radical (unpaired) electrons. The molecule has 88 valence electrons. The molecule has 0 aliphatic carbocycles. The van der Waals surface area contributed by atoms with E-state index in [0.29, 0.717) is 5.54 Å². The fourth-order valence-electron chi connectivity index (χ4n) is 2.93. The number of rotatable bonds is 1. The number of hydrogen-bond donors (Lipinski definition) is 1. The van der Waals surface area contributed by atoms with Gasteiger partial charge in [0.1, 0.15) is 0 Å². The summed E-state index contributed by atoms with van der Waals surface area (Å²) in [5.41, 5.74) is 0.342. The van der Waals surface area contributed by atoms with Crippen molar-refractivity contribution in [2.75, 3.05) is 25.4 Å². The van der Waals surface area contributed by atoms with Crippen LogP contribution in [0.1, 0.15) is 33.6 Å². The van der Waals surface area contributed by atoms with E-state index in [0.717, 1.165) is 24.4 Å². The average molecular weight is 228 g/mol. The van der Waals surface area contributed by atoms with Crippen molar-refractivity contribution < 1.29 is 0 Å². The Hall–Kier alpha value is 0.270. The zero-order valence-corrected chi connectivity index (χ0v) is 11.1. The SMILES string of the molecule is CC1SCCCC1N1CCNCC1(C)C. The molecule has 3 heteroatoms. The number of hydrogen-bond acceptors (Lipinski definition) is 3. The molecule has 0 bridgehead atoms. The van der Waals surface area contributed by atoms with E-state index >= 15 is 0 Å². The second-order valence-corrected chi connectivity index (χ2v) is 6.95. The van der Waals surface area contributed by atoms with E-state index in [-0.39, 0.29) is 0 Å². The third kappa shape index (κ3) is 2.51. The van der Waals surface area contributed by atoms with Gasteiger partial charge < -0.3 is 5.32 Å². The molecule has 0 amide bonds. The number of nitrogens with one attached hydrogen (secondary N) is 1. The summed E-state index contributed by atoms with van der Waals surface area (Å²) in [4.78, 5) is 2.75. The van der Waals surface area contributed by atoms with E-state index in [2.05, 4.69) is 42.7 Å². The van der Waals surface area contributed by atoms with E-state index < -0.39 is 0 Å². The van der Waals surface area contributed by atoms with Crippen LogP contribution in [0.3, 0.4) is 0 Å². The first kappa shape index (κ1) is 11.7. The lowest BCUT2D eigenvalue weighted by atomic mass is 9.94. The summed E-state index contributed by atoms with van der Waals surface area (Å²) in [6, 6.07) is 0.806. The molecule has 0 aromatic heterocycles. The number of nitrogens with zero attached hydrogens (tertiary/aromatic N) is 1. The van der Waals surface area contributed by atoms with Crippen molar-refractivity contribution >= 4 is 11.8 Å². The monoisotopic (exact) mass is 228 g/mol. The topological polar surface area (TPSA) is 15.3 Å². The van der Waals surface area contributed by atoms with Crippen LogP contribution in [0.15, 0.2) is 0 Å². The van der Waals surface area contributed by atoms with Gasteiger partial charge in [-0.2, -0.15) is 11.8 Å². The van der Waals surface area contributed by atoms with E-state index in [9.17, 15) is 0 Å². The molecule has 2 fully saturated rings. The summed E-state index contributed by atoms with van der Waals surface area (Å²) in [5, 5.41) is 4.33. The normalized spacial score (nSPS) is 37.8. The molecule has 2 aliphatic heterocycles. The van der Waals surface area contributed by atoms with Crippen LogP contribution in [-0.2, 0) is 0 Å². The first-order valence-electron chi connectivity index (χ1n) is 6.20. The summed E-state index contributed by atoms with van der Waals surface area (Å²) in [7, 11) is 0. The molecule has 2 saturated heterocycles. The third-order valence-electron chi connectivity index (χ3n) is 3.83. The Morgan fingerprint density at radius 3 is 2.87 bits per heavy atom. The van der Waals surface area contributed by atoms with Crippen LogP contribution in [0.2, 0.25) is 0 Å². The van der Waals surface area contributed by atoms with Crippen molar-refractivity contribution in [1.82, 2.24) is 10.2 Å². The molecular formula is C12H24N2S. The average Bonchev–Trinajstić information content (AvgIpc) is 2.19. The first-order valence-corrected chi connectivity index (χ1v) is 7.25. The van der Waals surface area contributed by atoms with Gasteiger partial charge >= 0.3 is 0 Å². The van der Waals surface area contributed by atoms with Gasteiger partial charge in [-0.3, -0.25) is 4.90 Å². The fraction of sp³-hybridized carbons (Fsp3) is 1.00. The van der Waals surface area contributed by atoms with Gasteiger partial charge in [0, 0.05) is 36.5 Å². The predicted octanol–water partition coefficient (Wildman–Crippen LogP) is 1.95. The zero-order chi connectivity index (χ0) is 10.9. The molecule has 2 rings (SSSR count). The van der Waals surface area contributed by atoms with Gasteiger partial charge in [-0.15, -0.1) is 0 Å². The van der Waals surface area contributed by atoms with Crippen LogP contribution in [0, 0.1) is 0 Å². The highest BCUT2D eigenvalue weighted by Crippen LogP contribution is 2.33. The molecule has 2 nitrogen and oxygen atoms in total. The molecule has 15 heavy (non-hydrogen) atoms. The zero-order valence-electron chi connectivity index (χ0n) is 10.3. The van der Waals surface area contributed by atoms with E-state index in [1.165, 1.54) is 25.1 Å². The first-order chi connectivity index (χ1) is 7.11. The summed E-state index contributed by atoms with van der Waals surface area (Å²) < 4.78 is 0. The third-order valence-corrected chi connectivity index (χ3v) is 5.20. The highest BCUT2D eigenvalue weighted by Gasteiger charge is 2.37. The maximum Gasteiger partial charge on any atom is 0.0281 e. The van der Waals surface area contributed by atoms with Crippen molar-refractivity contribution in [2.24, 2.45) is 0 Å². The second kappa shape index (κ2) is 4.64. The fourth-order valence-corrected chi connectivity index (χ4v) is 4.14. The Bertz CT molecular complexity index is 218. The lowest BCUT2D eigenvalue weighted by molar-refractivity contribution is 0.0400. The minimum absolute atomic E-state index is 0.342. The predicted molar refractivity (Wildman–Crippen MR) is 68.6 cm³/mol. The molecule has 1 N–H and O–H groups in total. The van der Waals surface area contributed by atoms with Crippen molar-refractivity contribution in [3.63, 3.8) is 0 Å². The van der Waals surface area contributed by atoms with Crippen LogP contribution >= 0.6 is 11.8 Å². The van der Waals surface area contributed by atoms with Crippen molar-refractivity contribution in [3.8, 4) is 0 Å². The standard InChI is InChI=1S/C12H24N2S/c1-10-11(5-4-8-15-10)14-7-6-13-9-12(14,2)3/h10-11,13H,4-9H2,1-3H3. The Balaban J connectivity index is 2.06. The summed E-state index contributed by atoms with van der Waals surface area (Å²) >= 11 is 2.16. The van der Waals surface area contributed by atoms with Crippen LogP contribution < -0.4 is 5.32 Å². The van der Waals surface area contributed by atoms with Gasteiger partial charge in [0.15, 0.2) is 0 Å². The molecule has 0 spiro atoms. The highest BCUT2D eigenvalue weighted by atomic mass is 32.2. The molecular weight excluding hydrogens is 204 g/mol. The molecule has 2 atom stereocenters. The minimum Gasteiger partial charge on any atom is -0.314 e.